The van der Waals surface area contributed by atoms with Crippen molar-refractivity contribution in [3.05, 3.63) is 54.1 Å². The number of amides is 1. The molecule has 0 spiro atoms. The number of ether oxygens (including phenoxy) is 1. The van der Waals surface area contributed by atoms with E-state index in [1.54, 1.807) is 0 Å². The number of likely N-dealkylation sites (N-methyl/N-ethyl adjacent to an activating group) is 1. The number of sulfonamides is 1. The number of anilines is 2. The molecule has 0 bridgehead atoms. The van der Waals surface area contributed by atoms with Gasteiger partial charge in [0.25, 0.3) is 10.0 Å². The lowest BCUT2D eigenvalue weighted by Gasteiger charge is -2.17. The Morgan fingerprint density at radius 1 is 0.933 bits per heavy atom. The largest absolute Gasteiger partial charge is 0.461 e. The molecule has 0 heterocycles. The van der Waals surface area contributed by atoms with Gasteiger partial charge in [0.15, 0.2) is 0 Å². The van der Waals surface area contributed by atoms with E-state index in [2.05, 4.69) is 14.9 Å². The van der Waals surface area contributed by atoms with E-state index < -0.39 is 16.0 Å². The maximum absolute atomic E-state index is 12.5. The Bertz CT molecular complexity index is 953. The number of benzene rings is 2. The first-order valence-electron chi connectivity index (χ1n) is 9.65. The van der Waals surface area contributed by atoms with E-state index in [0.717, 1.165) is 13.1 Å². The predicted octanol–water partition coefficient (Wildman–Crippen LogP) is 2.94. The number of esters is 1. The van der Waals surface area contributed by atoms with Crippen LogP contribution in [-0.4, -0.2) is 51.4 Å². The molecule has 30 heavy (non-hydrogen) atoms. The Hall–Kier alpha value is -2.91. The lowest BCUT2D eigenvalue weighted by atomic mass is 10.2. The smallest absolute Gasteiger partial charge is 0.338 e. The maximum Gasteiger partial charge on any atom is 0.338 e. The Labute approximate surface area is 177 Å². The molecular formula is C21H27N3O5S. The lowest BCUT2D eigenvalue weighted by molar-refractivity contribution is -0.114. The first kappa shape index (κ1) is 23.4. The standard InChI is InChI=1S/C21H27N3O5S/c1-4-24(5-2)14-15-29-21(26)17-6-8-19(9-7-17)23-30(27,28)20-12-10-18(11-13-20)22-16(3)25/h6-13,23H,4-5,14-15H2,1-3H3,(H,22,25). The van der Waals surface area contributed by atoms with Gasteiger partial charge in [-0.25, -0.2) is 13.2 Å². The van der Waals surface area contributed by atoms with Gasteiger partial charge >= 0.3 is 5.97 Å². The van der Waals surface area contributed by atoms with E-state index in [-0.39, 0.29) is 10.8 Å². The minimum absolute atomic E-state index is 0.0523. The Morgan fingerprint density at radius 2 is 1.50 bits per heavy atom. The molecular weight excluding hydrogens is 406 g/mol. The number of nitrogens with zero attached hydrogens (tertiary/aromatic N) is 1. The van der Waals surface area contributed by atoms with Gasteiger partial charge in [-0.2, -0.15) is 0 Å². The first-order valence-corrected chi connectivity index (χ1v) is 11.1. The van der Waals surface area contributed by atoms with E-state index in [4.69, 9.17) is 4.74 Å². The van der Waals surface area contributed by atoms with Crippen molar-refractivity contribution in [2.45, 2.75) is 25.7 Å². The summed E-state index contributed by atoms with van der Waals surface area (Å²) >= 11 is 0. The van der Waals surface area contributed by atoms with Crippen LogP contribution in [0.25, 0.3) is 0 Å². The molecule has 0 radical (unpaired) electrons. The molecule has 2 aromatic rings. The molecule has 0 unspecified atom stereocenters. The fourth-order valence-electron chi connectivity index (χ4n) is 2.70. The third-order valence-corrected chi connectivity index (χ3v) is 5.79. The number of carbonyl (C=O) groups is 2. The van der Waals surface area contributed by atoms with Crippen molar-refractivity contribution in [3.63, 3.8) is 0 Å². The highest BCUT2D eigenvalue weighted by atomic mass is 32.2. The van der Waals surface area contributed by atoms with E-state index >= 15 is 0 Å². The summed E-state index contributed by atoms with van der Waals surface area (Å²) in [6.45, 7) is 8.19. The van der Waals surface area contributed by atoms with Gasteiger partial charge in [0.2, 0.25) is 5.91 Å². The normalized spacial score (nSPS) is 11.2. The van der Waals surface area contributed by atoms with Crippen molar-refractivity contribution in [1.29, 1.82) is 0 Å². The monoisotopic (exact) mass is 433 g/mol. The fourth-order valence-corrected chi connectivity index (χ4v) is 3.76. The van der Waals surface area contributed by atoms with Crippen LogP contribution < -0.4 is 10.0 Å². The quantitative estimate of drug-likeness (QED) is 0.558. The average Bonchev–Trinajstić information content (AvgIpc) is 2.71. The van der Waals surface area contributed by atoms with Crippen LogP contribution in [0.3, 0.4) is 0 Å². The maximum atomic E-state index is 12.5. The summed E-state index contributed by atoms with van der Waals surface area (Å²) < 4.78 is 32.8. The van der Waals surface area contributed by atoms with Gasteiger partial charge in [0.05, 0.1) is 10.5 Å². The molecule has 0 saturated carbocycles. The zero-order valence-corrected chi connectivity index (χ0v) is 18.2. The predicted molar refractivity (Wildman–Crippen MR) is 116 cm³/mol. The van der Waals surface area contributed by atoms with Gasteiger partial charge < -0.3 is 15.0 Å². The molecule has 9 heteroatoms. The van der Waals surface area contributed by atoms with E-state index in [0.29, 0.717) is 30.1 Å². The van der Waals surface area contributed by atoms with Crippen LogP contribution in [0.1, 0.15) is 31.1 Å². The molecule has 2 N–H and O–H groups in total. The van der Waals surface area contributed by atoms with Crippen molar-refractivity contribution >= 4 is 33.3 Å². The van der Waals surface area contributed by atoms with Gasteiger partial charge in [0, 0.05) is 24.8 Å². The SMILES string of the molecule is CCN(CC)CCOC(=O)c1ccc(NS(=O)(=O)c2ccc(NC(C)=O)cc2)cc1. The molecule has 0 fully saturated rings. The highest BCUT2D eigenvalue weighted by Crippen LogP contribution is 2.19. The number of hydrogen-bond donors (Lipinski definition) is 2. The molecule has 0 aromatic heterocycles. The number of nitrogens with one attached hydrogen (secondary N) is 2. The third-order valence-electron chi connectivity index (χ3n) is 4.39. The van der Waals surface area contributed by atoms with Crippen LogP contribution in [0.4, 0.5) is 11.4 Å². The third kappa shape index (κ3) is 6.85. The summed E-state index contributed by atoms with van der Waals surface area (Å²) in [6.07, 6.45) is 0. The van der Waals surface area contributed by atoms with E-state index in [1.165, 1.54) is 55.5 Å². The average molecular weight is 434 g/mol. The van der Waals surface area contributed by atoms with E-state index in [1.807, 2.05) is 13.8 Å². The summed E-state index contributed by atoms with van der Waals surface area (Å²) in [6, 6.07) is 11.8. The Balaban J connectivity index is 1.97. The van der Waals surface area contributed by atoms with Gasteiger partial charge in [-0.05, 0) is 61.6 Å². The van der Waals surface area contributed by atoms with Crippen LogP contribution in [-0.2, 0) is 19.6 Å². The van der Waals surface area contributed by atoms with Crippen molar-refractivity contribution in [3.8, 4) is 0 Å². The summed E-state index contributed by atoms with van der Waals surface area (Å²) in [5.41, 5.74) is 1.17. The van der Waals surface area contributed by atoms with Crippen molar-refractivity contribution in [2.24, 2.45) is 0 Å². The fraction of sp³-hybridized carbons (Fsp3) is 0.333. The summed E-state index contributed by atoms with van der Waals surface area (Å²) in [5, 5.41) is 2.58. The molecule has 1 amide bonds. The molecule has 162 valence electrons. The second kappa shape index (κ2) is 10.7. The zero-order chi connectivity index (χ0) is 22.1. The topological polar surface area (TPSA) is 105 Å². The van der Waals surface area contributed by atoms with Crippen molar-refractivity contribution in [2.75, 3.05) is 36.3 Å². The van der Waals surface area contributed by atoms with Gasteiger partial charge in [-0.3, -0.25) is 9.52 Å². The molecule has 0 aliphatic carbocycles. The van der Waals surface area contributed by atoms with Crippen LogP contribution >= 0.6 is 0 Å². The number of carbonyl (C=O) groups excluding carboxylic acids is 2. The minimum Gasteiger partial charge on any atom is -0.461 e. The van der Waals surface area contributed by atoms with Crippen molar-refractivity contribution in [1.82, 2.24) is 4.90 Å². The summed E-state index contributed by atoms with van der Waals surface area (Å²) in [7, 11) is -3.81. The van der Waals surface area contributed by atoms with E-state index in [9.17, 15) is 18.0 Å². The molecule has 0 saturated heterocycles. The second-order valence-corrected chi connectivity index (χ2v) is 8.23. The Kier molecular flexibility index (Phi) is 8.37. The molecule has 2 rings (SSSR count). The number of rotatable bonds is 10. The number of hydrogen-bond acceptors (Lipinski definition) is 6. The second-order valence-electron chi connectivity index (χ2n) is 6.55. The first-order chi connectivity index (χ1) is 14.2. The molecule has 0 aliphatic heterocycles. The molecule has 8 nitrogen and oxygen atoms in total. The van der Waals surface area contributed by atoms with Crippen LogP contribution in [0, 0.1) is 0 Å². The summed E-state index contributed by atoms with van der Waals surface area (Å²) in [4.78, 5) is 25.4. The molecule has 0 aliphatic rings. The highest BCUT2D eigenvalue weighted by Gasteiger charge is 2.15. The van der Waals surface area contributed by atoms with Crippen LogP contribution in [0.15, 0.2) is 53.4 Å². The van der Waals surface area contributed by atoms with Gasteiger partial charge in [0.1, 0.15) is 6.61 Å². The molecule has 0 atom stereocenters. The zero-order valence-electron chi connectivity index (χ0n) is 17.3. The summed E-state index contributed by atoms with van der Waals surface area (Å²) in [5.74, 6) is -0.694. The van der Waals surface area contributed by atoms with Crippen molar-refractivity contribution < 1.29 is 22.7 Å². The van der Waals surface area contributed by atoms with Crippen LogP contribution in [0.5, 0.6) is 0 Å². The molecule has 2 aromatic carbocycles. The van der Waals surface area contributed by atoms with Gasteiger partial charge in [-0.15, -0.1) is 0 Å². The minimum atomic E-state index is -3.81. The van der Waals surface area contributed by atoms with Crippen LogP contribution in [0.2, 0.25) is 0 Å². The highest BCUT2D eigenvalue weighted by molar-refractivity contribution is 7.92. The Morgan fingerprint density at radius 3 is 2.03 bits per heavy atom. The van der Waals surface area contributed by atoms with Gasteiger partial charge in [-0.1, -0.05) is 13.8 Å². The lowest BCUT2D eigenvalue weighted by Crippen LogP contribution is -2.27.